The zero-order chi connectivity index (χ0) is 14.0. The second kappa shape index (κ2) is 6.35. The van der Waals surface area contributed by atoms with Crippen LogP contribution in [0.4, 0.5) is 0 Å². The number of benzene rings is 1. The van der Waals surface area contributed by atoms with E-state index >= 15 is 0 Å². The molecule has 1 fully saturated rings. The van der Waals surface area contributed by atoms with Crippen molar-refractivity contribution in [2.75, 3.05) is 26.7 Å². The molecule has 1 heterocycles. The van der Waals surface area contributed by atoms with Gasteiger partial charge in [0.25, 0.3) is 0 Å². The normalized spacial score (nSPS) is 27.4. The Balaban J connectivity index is 2.21. The van der Waals surface area contributed by atoms with Gasteiger partial charge in [-0.1, -0.05) is 34.1 Å². The Kier molecular flexibility index (Phi) is 5.01. The van der Waals surface area contributed by atoms with Gasteiger partial charge < -0.3 is 5.73 Å². The van der Waals surface area contributed by atoms with Gasteiger partial charge in [-0.05, 0) is 32.5 Å². The molecule has 4 heteroatoms. The largest absolute Gasteiger partial charge is 0.329 e. The first-order valence-corrected chi connectivity index (χ1v) is 7.74. The van der Waals surface area contributed by atoms with Crippen LogP contribution in [0, 0.1) is 0 Å². The zero-order valence-corrected chi connectivity index (χ0v) is 13.6. The SMILES string of the molecule is CC1CN(C(CN)c2ccccc2Br)CC(C)N1C. The molecule has 1 aliphatic heterocycles. The van der Waals surface area contributed by atoms with Gasteiger partial charge in [-0.2, -0.15) is 0 Å². The smallest absolute Gasteiger partial charge is 0.0482 e. The maximum Gasteiger partial charge on any atom is 0.0482 e. The Morgan fingerprint density at radius 1 is 1.26 bits per heavy atom. The quantitative estimate of drug-likeness (QED) is 0.926. The molecule has 2 rings (SSSR count). The second-order valence-electron chi connectivity index (χ2n) is 5.59. The van der Waals surface area contributed by atoms with E-state index in [4.69, 9.17) is 5.73 Å². The van der Waals surface area contributed by atoms with Crippen LogP contribution in [0.25, 0.3) is 0 Å². The van der Waals surface area contributed by atoms with Crippen molar-refractivity contribution in [2.45, 2.75) is 32.0 Å². The van der Waals surface area contributed by atoms with Gasteiger partial charge in [-0.15, -0.1) is 0 Å². The number of likely N-dealkylation sites (N-methyl/N-ethyl adjacent to an activating group) is 1. The van der Waals surface area contributed by atoms with Crippen molar-refractivity contribution in [1.29, 1.82) is 0 Å². The lowest BCUT2D eigenvalue weighted by Crippen LogP contribution is -2.56. The first-order valence-electron chi connectivity index (χ1n) is 6.95. The molecule has 3 nitrogen and oxygen atoms in total. The maximum absolute atomic E-state index is 6.05. The summed E-state index contributed by atoms with van der Waals surface area (Å²) in [5, 5.41) is 0. The van der Waals surface area contributed by atoms with Gasteiger partial charge in [0.05, 0.1) is 0 Å². The fourth-order valence-electron chi connectivity index (χ4n) is 2.92. The van der Waals surface area contributed by atoms with Crippen LogP contribution in [0.5, 0.6) is 0 Å². The van der Waals surface area contributed by atoms with E-state index in [1.54, 1.807) is 0 Å². The fraction of sp³-hybridized carbons (Fsp3) is 0.600. The van der Waals surface area contributed by atoms with E-state index in [9.17, 15) is 0 Å². The van der Waals surface area contributed by atoms with Gasteiger partial charge in [-0.3, -0.25) is 9.80 Å². The summed E-state index contributed by atoms with van der Waals surface area (Å²) in [6.07, 6.45) is 0. The molecule has 19 heavy (non-hydrogen) atoms. The summed E-state index contributed by atoms with van der Waals surface area (Å²) < 4.78 is 1.16. The van der Waals surface area contributed by atoms with E-state index < -0.39 is 0 Å². The number of rotatable bonds is 3. The van der Waals surface area contributed by atoms with Crippen LogP contribution in [0.2, 0.25) is 0 Å². The minimum atomic E-state index is 0.300. The number of nitrogens with two attached hydrogens (primary N) is 1. The third kappa shape index (κ3) is 3.19. The second-order valence-corrected chi connectivity index (χ2v) is 6.44. The first kappa shape index (κ1) is 15.0. The zero-order valence-electron chi connectivity index (χ0n) is 12.0. The van der Waals surface area contributed by atoms with Crippen LogP contribution in [0.15, 0.2) is 28.7 Å². The lowest BCUT2D eigenvalue weighted by atomic mass is 10.0. The first-order chi connectivity index (χ1) is 9.04. The number of nitrogens with zero attached hydrogens (tertiary/aromatic N) is 2. The Morgan fingerprint density at radius 2 is 1.84 bits per heavy atom. The highest BCUT2D eigenvalue weighted by atomic mass is 79.9. The molecule has 1 saturated heterocycles. The standard InChI is InChI=1S/C15H24BrN3/c1-11-9-19(10-12(2)18(11)3)15(8-17)13-6-4-5-7-14(13)16/h4-7,11-12,15H,8-10,17H2,1-3H3. The van der Waals surface area contributed by atoms with Crippen LogP contribution >= 0.6 is 15.9 Å². The molecule has 1 aromatic carbocycles. The molecule has 2 N–H and O–H groups in total. The van der Waals surface area contributed by atoms with E-state index in [0.717, 1.165) is 17.6 Å². The number of hydrogen-bond acceptors (Lipinski definition) is 3. The number of piperazine rings is 1. The van der Waals surface area contributed by atoms with Crippen molar-refractivity contribution < 1.29 is 0 Å². The highest BCUT2D eigenvalue weighted by molar-refractivity contribution is 9.10. The molecule has 0 radical (unpaired) electrons. The Hall–Kier alpha value is -0.420. The third-order valence-electron chi connectivity index (χ3n) is 4.32. The fourth-order valence-corrected chi connectivity index (χ4v) is 3.47. The average molecular weight is 326 g/mol. The number of halogens is 1. The predicted molar refractivity (Wildman–Crippen MR) is 84.2 cm³/mol. The molecule has 3 atom stereocenters. The van der Waals surface area contributed by atoms with Gasteiger partial charge in [0.15, 0.2) is 0 Å². The summed E-state index contributed by atoms with van der Waals surface area (Å²) in [4.78, 5) is 4.97. The van der Waals surface area contributed by atoms with Crippen LogP contribution < -0.4 is 5.73 Å². The maximum atomic E-state index is 6.05. The summed E-state index contributed by atoms with van der Waals surface area (Å²) in [6.45, 7) is 7.38. The minimum absolute atomic E-state index is 0.300. The van der Waals surface area contributed by atoms with Crippen molar-refractivity contribution >= 4 is 15.9 Å². The van der Waals surface area contributed by atoms with Gasteiger partial charge in [-0.25, -0.2) is 0 Å². The van der Waals surface area contributed by atoms with Crippen LogP contribution in [0.1, 0.15) is 25.5 Å². The van der Waals surface area contributed by atoms with E-state index in [2.05, 4.69) is 70.9 Å². The predicted octanol–water partition coefficient (Wildman–Crippen LogP) is 2.47. The lowest BCUT2D eigenvalue weighted by Gasteiger charge is -2.45. The lowest BCUT2D eigenvalue weighted by molar-refractivity contribution is 0.0350. The van der Waals surface area contributed by atoms with Crippen molar-refractivity contribution in [2.24, 2.45) is 5.73 Å². The molecule has 0 aromatic heterocycles. The molecular formula is C15H24BrN3. The summed E-state index contributed by atoms with van der Waals surface area (Å²) in [6, 6.07) is 9.85. The molecule has 1 aliphatic rings. The summed E-state index contributed by atoms with van der Waals surface area (Å²) >= 11 is 3.65. The molecular weight excluding hydrogens is 302 g/mol. The van der Waals surface area contributed by atoms with Crippen molar-refractivity contribution in [3.05, 3.63) is 34.3 Å². The van der Waals surface area contributed by atoms with E-state index in [1.807, 2.05) is 0 Å². The van der Waals surface area contributed by atoms with Crippen LogP contribution in [0.3, 0.4) is 0 Å². The molecule has 0 aliphatic carbocycles. The van der Waals surface area contributed by atoms with Crippen LogP contribution in [-0.2, 0) is 0 Å². The van der Waals surface area contributed by atoms with Gasteiger partial charge in [0.1, 0.15) is 0 Å². The Morgan fingerprint density at radius 3 is 2.37 bits per heavy atom. The molecule has 0 saturated carbocycles. The minimum Gasteiger partial charge on any atom is -0.329 e. The van der Waals surface area contributed by atoms with Crippen molar-refractivity contribution in [3.63, 3.8) is 0 Å². The molecule has 0 spiro atoms. The van der Waals surface area contributed by atoms with Crippen molar-refractivity contribution in [1.82, 2.24) is 9.80 Å². The third-order valence-corrected chi connectivity index (χ3v) is 5.04. The van der Waals surface area contributed by atoms with Crippen LogP contribution in [-0.4, -0.2) is 48.6 Å². The average Bonchev–Trinajstić information content (AvgIpc) is 2.39. The van der Waals surface area contributed by atoms with Gasteiger partial charge in [0.2, 0.25) is 0 Å². The van der Waals surface area contributed by atoms with E-state index in [1.165, 1.54) is 5.56 Å². The molecule has 3 unspecified atom stereocenters. The van der Waals surface area contributed by atoms with Gasteiger partial charge >= 0.3 is 0 Å². The molecule has 1 aromatic rings. The summed E-state index contributed by atoms with van der Waals surface area (Å²) in [5.41, 5.74) is 7.35. The summed E-state index contributed by atoms with van der Waals surface area (Å²) in [7, 11) is 2.21. The number of hydrogen-bond donors (Lipinski definition) is 1. The molecule has 106 valence electrons. The Labute approximate surface area is 124 Å². The van der Waals surface area contributed by atoms with Gasteiger partial charge in [0, 0.05) is 42.2 Å². The monoisotopic (exact) mass is 325 g/mol. The van der Waals surface area contributed by atoms with Crippen molar-refractivity contribution in [3.8, 4) is 0 Å². The highest BCUT2D eigenvalue weighted by Gasteiger charge is 2.31. The summed E-state index contributed by atoms with van der Waals surface area (Å²) in [5.74, 6) is 0. The van der Waals surface area contributed by atoms with E-state index in [-0.39, 0.29) is 0 Å². The van der Waals surface area contributed by atoms with E-state index in [0.29, 0.717) is 24.7 Å². The molecule has 0 amide bonds. The topological polar surface area (TPSA) is 32.5 Å². The molecule has 0 bridgehead atoms. The Bertz CT molecular complexity index is 412. The highest BCUT2D eigenvalue weighted by Crippen LogP contribution is 2.29.